The van der Waals surface area contributed by atoms with Crippen LogP contribution in [0.1, 0.15) is 48.2 Å². The van der Waals surface area contributed by atoms with Crippen molar-refractivity contribution in [2.24, 2.45) is 0 Å². The van der Waals surface area contributed by atoms with E-state index in [0.29, 0.717) is 11.7 Å². The third kappa shape index (κ3) is 5.41. The molecule has 172 valence electrons. The maximum absolute atomic E-state index is 13.2. The van der Waals surface area contributed by atoms with Gasteiger partial charge in [0.15, 0.2) is 6.10 Å². The summed E-state index contributed by atoms with van der Waals surface area (Å²) in [6.07, 6.45) is -5.32. The molecule has 32 heavy (non-hydrogen) atoms. The van der Waals surface area contributed by atoms with Crippen LogP contribution in [0, 0.1) is 0 Å². The SMILES string of the molecule is CC(Oc1ccc(C(C)C)cc1)C(=O)N1CCN(C(=O)c2ccccc2C(F)(F)F)CC1. The first kappa shape index (κ1) is 23.6. The van der Waals surface area contributed by atoms with E-state index in [1.165, 1.54) is 28.7 Å². The zero-order valence-corrected chi connectivity index (χ0v) is 18.4. The summed E-state index contributed by atoms with van der Waals surface area (Å²) in [5.74, 6) is 0.0818. The van der Waals surface area contributed by atoms with Gasteiger partial charge in [-0.2, -0.15) is 13.2 Å². The molecule has 0 spiro atoms. The van der Waals surface area contributed by atoms with Crippen molar-refractivity contribution in [3.63, 3.8) is 0 Å². The number of amides is 2. The first-order valence-corrected chi connectivity index (χ1v) is 10.6. The Morgan fingerprint density at radius 2 is 1.44 bits per heavy atom. The first-order valence-electron chi connectivity index (χ1n) is 10.6. The Morgan fingerprint density at radius 3 is 2.00 bits per heavy atom. The van der Waals surface area contributed by atoms with Gasteiger partial charge in [-0.25, -0.2) is 0 Å². The first-order chi connectivity index (χ1) is 15.1. The molecule has 0 bridgehead atoms. The lowest BCUT2D eigenvalue weighted by Gasteiger charge is -2.36. The third-order valence-corrected chi connectivity index (χ3v) is 5.55. The molecule has 2 aromatic carbocycles. The minimum absolute atomic E-state index is 0.159. The lowest BCUT2D eigenvalue weighted by Crippen LogP contribution is -2.53. The van der Waals surface area contributed by atoms with Crippen molar-refractivity contribution in [1.29, 1.82) is 0 Å². The highest BCUT2D eigenvalue weighted by Crippen LogP contribution is 2.32. The fraction of sp³-hybridized carbons (Fsp3) is 0.417. The largest absolute Gasteiger partial charge is 0.481 e. The highest BCUT2D eigenvalue weighted by atomic mass is 19.4. The molecule has 5 nitrogen and oxygen atoms in total. The van der Waals surface area contributed by atoms with Gasteiger partial charge in [-0.1, -0.05) is 38.1 Å². The second-order valence-electron chi connectivity index (χ2n) is 8.14. The van der Waals surface area contributed by atoms with Crippen molar-refractivity contribution in [3.8, 4) is 5.75 Å². The van der Waals surface area contributed by atoms with E-state index in [1.54, 1.807) is 11.8 Å². The van der Waals surface area contributed by atoms with E-state index in [9.17, 15) is 22.8 Å². The van der Waals surface area contributed by atoms with Crippen LogP contribution >= 0.6 is 0 Å². The van der Waals surface area contributed by atoms with Crippen molar-refractivity contribution in [1.82, 2.24) is 9.80 Å². The molecule has 0 saturated carbocycles. The fourth-order valence-corrected chi connectivity index (χ4v) is 3.66. The molecule has 0 N–H and O–H groups in total. The molecular weight excluding hydrogens is 421 g/mol. The summed E-state index contributed by atoms with van der Waals surface area (Å²) < 4.78 is 45.5. The number of carbonyl (C=O) groups excluding carboxylic acids is 2. The number of ether oxygens (including phenoxy) is 1. The molecule has 0 radical (unpaired) electrons. The van der Waals surface area contributed by atoms with Crippen molar-refractivity contribution < 1.29 is 27.5 Å². The highest BCUT2D eigenvalue weighted by Gasteiger charge is 2.37. The monoisotopic (exact) mass is 448 g/mol. The second kappa shape index (κ2) is 9.63. The number of rotatable bonds is 5. The summed E-state index contributed by atoms with van der Waals surface area (Å²) in [7, 11) is 0. The van der Waals surface area contributed by atoms with E-state index in [2.05, 4.69) is 13.8 Å². The van der Waals surface area contributed by atoms with Gasteiger partial charge < -0.3 is 14.5 Å². The number of benzene rings is 2. The van der Waals surface area contributed by atoms with Crippen LogP contribution in [0.4, 0.5) is 13.2 Å². The van der Waals surface area contributed by atoms with Crippen molar-refractivity contribution in [2.75, 3.05) is 26.2 Å². The Labute approximate surface area is 185 Å². The van der Waals surface area contributed by atoms with Gasteiger partial charge >= 0.3 is 6.18 Å². The van der Waals surface area contributed by atoms with Gasteiger partial charge in [0.2, 0.25) is 0 Å². The Hall–Kier alpha value is -3.03. The van der Waals surface area contributed by atoms with Crippen LogP contribution in [0.3, 0.4) is 0 Å². The summed E-state index contributed by atoms with van der Waals surface area (Å²) in [6.45, 7) is 6.63. The molecule has 0 aromatic heterocycles. The van der Waals surface area contributed by atoms with E-state index in [4.69, 9.17) is 4.74 Å². The molecule has 2 aromatic rings. The number of nitrogens with zero attached hydrogens (tertiary/aromatic N) is 2. The third-order valence-electron chi connectivity index (χ3n) is 5.55. The maximum Gasteiger partial charge on any atom is 0.417 e. The molecule has 3 rings (SSSR count). The van der Waals surface area contributed by atoms with Crippen molar-refractivity contribution in [2.45, 2.75) is 39.0 Å². The van der Waals surface area contributed by atoms with Gasteiger partial charge in [0.1, 0.15) is 5.75 Å². The number of hydrogen-bond donors (Lipinski definition) is 0. The van der Waals surface area contributed by atoms with Crippen LogP contribution in [0.25, 0.3) is 0 Å². The zero-order chi connectivity index (χ0) is 23.5. The molecule has 1 unspecified atom stereocenters. The van der Waals surface area contributed by atoms with E-state index in [1.807, 2.05) is 24.3 Å². The molecular formula is C24H27F3N2O3. The predicted molar refractivity (Wildman–Crippen MR) is 115 cm³/mol. The Bertz CT molecular complexity index is 950. The average Bonchev–Trinajstić information content (AvgIpc) is 2.78. The number of hydrogen-bond acceptors (Lipinski definition) is 3. The summed E-state index contributed by atoms with van der Waals surface area (Å²) in [5, 5.41) is 0. The van der Waals surface area contributed by atoms with Gasteiger partial charge in [0, 0.05) is 26.2 Å². The van der Waals surface area contributed by atoms with E-state index >= 15 is 0 Å². The standard InChI is InChI=1S/C24H27F3N2O3/c1-16(2)18-8-10-19(11-9-18)32-17(3)22(30)28-12-14-29(15-13-28)23(31)20-6-4-5-7-21(20)24(25,26)27/h4-11,16-17H,12-15H2,1-3H3. The quantitative estimate of drug-likeness (QED) is 0.673. The molecule has 0 aliphatic carbocycles. The van der Waals surface area contributed by atoms with Crippen molar-refractivity contribution >= 4 is 11.8 Å². The highest BCUT2D eigenvalue weighted by molar-refractivity contribution is 5.96. The molecule has 1 fully saturated rings. The van der Waals surface area contributed by atoms with Gasteiger partial charge in [0.25, 0.3) is 11.8 Å². The molecule has 1 atom stereocenters. The van der Waals surface area contributed by atoms with Crippen molar-refractivity contribution in [3.05, 3.63) is 65.2 Å². The molecule has 1 saturated heterocycles. The van der Waals surface area contributed by atoms with E-state index in [0.717, 1.165) is 6.07 Å². The number of piperazine rings is 1. The van der Waals surface area contributed by atoms with Crippen LogP contribution in [-0.2, 0) is 11.0 Å². The minimum atomic E-state index is -4.61. The van der Waals surface area contributed by atoms with E-state index < -0.39 is 23.8 Å². The second-order valence-corrected chi connectivity index (χ2v) is 8.14. The van der Waals surface area contributed by atoms with Gasteiger partial charge in [-0.15, -0.1) is 0 Å². The van der Waals surface area contributed by atoms with E-state index in [-0.39, 0.29) is 37.6 Å². The summed E-state index contributed by atoms with van der Waals surface area (Å²) in [6, 6.07) is 12.3. The smallest absolute Gasteiger partial charge is 0.417 e. The normalized spacial score (nSPS) is 15.6. The Balaban J connectivity index is 1.58. The average molecular weight is 448 g/mol. The number of alkyl halides is 3. The lowest BCUT2D eigenvalue weighted by molar-refractivity contribution is -0.139. The Morgan fingerprint density at radius 1 is 0.875 bits per heavy atom. The van der Waals surface area contributed by atoms with Crippen LogP contribution < -0.4 is 4.74 Å². The van der Waals surface area contributed by atoms with Gasteiger partial charge in [0.05, 0.1) is 11.1 Å². The maximum atomic E-state index is 13.2. The predicted octanol–water partition coefficient (Wildman–Crippen LogP) is 4.58. The minimum Gasteiger partial charge on any atom is -0.481 e. The summed E-state index contributed by atoms with van der Waals surface area (Å²) in [4.78, 5) is 28.4. The van der Waals surface area contributed by atoms with Gasteiger partial charge in [-0.3, -0.25) is 9.59 Å². The fourth-order valence-electron chi connectivity index (χ4n) is 3.66. The van der Waals surface area contributed by atoms with Crippen LogP contribution in [0.2, 0.25) is 0 Å². The molecule has 1 aliphatic rings. The van der Waals surface area contributed by atoms with Crippen LogP contribution in [0.15, 0.2) is 48.5 Å². The molecule has 8 heteroatoms. The number of halogens is 3. The lowest BCUT2D eigenvalue weighted by atomic mass is 10.0. The van der Waals surface area contributed by atoms with Gasteiger partial charge in [-0.05, 0) is 42.7 Å². The number of carbonyl (C=O) groups is 2. The zero-order valence-electron chi connectivity index (χ0n) is 18.4. The summed E-state index contributed by atoms with van der Waals surface area (Å²) >= 11 is 0. The molecule has 1 aliphatic heterocycles. The topological polar surface area (TPSA) is 49.9 Å². The van der Waals surface area contributed by atoms with Crippen LogP contribution in [-0.4, -0.2) is 53.9 Å². The molecule has 1 heterocycles. The molecule has 2 amide bonds. The Kier molecular flexibility index (Phi) is 7.11. The van der Waals surface area contributed by atoms with Crippen LogP contribution in [0.5, 0.6) is 5.75 Å². The summed E-state index contributed by atoms with van der Waals surface area (Å²) in [5.41, 5.74) is -0.153.